The molecule has 1 unspecified atom stereocenters. The molecule has 0 spiro atoms. The van der Waals surface area contributed by atoms with Crippen molar-refractivity contribution < 1.29 is 4.39 Å². The van der Waals surface area contributed by atoms with Gasteiger partial charge >= 0.3 is 0 Å². The average molecular weight is 402 g/mol. The lowest BCUT2D eigenvalue weighted by atomic mass is 10.0. The van der Waals surface area contributed by atoms with Crippen molar-refractivity contribution in [1.29, 1.82) is 0 Å². The lowest BCUT2D eigenvalue weighted by Crippen LogP contribution is -2.20. The predicted octanol–water partition coefficient (Wildman–Crippen LogP) is 5.83. The Morgan fingerprint density at radius 2 is 1.97 bits per heavy atom. The Morgan fingerprint density at radius 3 is 2.79 bits per heavy atom. The Labute approximate surface area is 171 Å². The van der Waals surface area contributed by atoms with Gasteiger partial charge in [0.1, 0.15) is 11.6 Å². The van der Waals surface area contributed by atoms with E-state index in [1.807, 2.05) is 35.7 Å². The highest BCUT2D eigenvalue weighted by molar-refractivity contribution is 7.08. The summed E-state index contributed by atoms with van der Waals surface area (Å²) in [5.41, 5.74) is 5.67. The Kier molecular flexibility index (Phi) is 4.58. The first-order valence-corrected chi connectivity index (χ1v) is 10.4. The minimum Gasteiger partial charge on any atom is -0.341 e. The van der Waals surface area contributed by atoms with Crippen molar-refractivity contribution in [3.05, 3.63) is 82.6 Å². The first-order chi connectivity index (χ1) is 14.2. The van der Waals surface area contributed by atoms with Crippen molar-refractivity contribution in [3.8, 4) is 11.3 Å². The number of nitrogens with zero attached hydrogens (tertiary/aromatic N) is 2. The number of aromatic nitrogens is 3. The van der Waals surface area contributed by atoms with Crippen LogP contribution in [0.1, 0.15) is 24.4 Å². The third-order valence-corrected chi connectivity index (χ3v) is 5.75. The monoisotopic (exact) mass is 402 g/mol. The average Bonchev–Trinajstić information content (AvgIpc) is 3.41. The minimum atomic E-state index is -0.273. The molecule has 4 nitrogen and oxygen atoms in total. The minimum absolute atomic E-state index is 0.0432. The maximum atomic E-state index is 13.7. The Morgan fingerprint density at radius 1 is 1.07 bits per heavy atom. The molecule has 3 aromatic heterocycles. The van der Waals surface area contributed by atoms with Crippen LogP contribution in [0.2, 0.25) is 0 Å². The van der Waals surface area contributed by atoms with E-state index in [0.717, 1.165) is 39.1 Å². The molecule has 0 saturated carbocycles. The molecule has 2 N–H and O–H groups in total. The fourth-order valence-electron chi connectivity index (χ4n) is 3.51. The number of para-hydroxylation sites is 2. The van der Waals surface area contributed by atoms with Gasteiger partial charge in [-0.3, -0.25) is 0 Å². The number of fused-ring (bicyclic) bond motifs is 2. The van der Waals surface area contributed by atoms with Crippen LogP contribution in [0.15, 0.2) is 65.4 Å². The van der Waals surface area contributed by atoms with Gasteiger partial charge in [0.05, 0.1) is 28.3 Å². The van der Waals surface area contributed by atoms with Crippen molar-refractivity contribution in [3.63, 3.8) is 0 Å². The normalized spacial score (nSPS) is 12.6. The van der Waals surface area contributed by atoms with E-state index < -0.39 is 0 Å². The van der Waals surface area contributed by atoms with Crippen LogP contribution >= 0.6 is 11.3 Å². The van der Waals surface area contributed by atoms with E-state index in [2.05, 4.69) is 33.7 Å². The number of nitrogens with one attached hydrogen (secondary N) is 2. The maximum absolute atomic E-state index is 13.7. The zero-order chi connectivity index (χ0) is 19.8. The first kappa shape index (κ1) is 18.0. The van der Waals surface area contributed by atoms with Gasteiger partial charge in [-0.2, -0.15) is 11.3 Å². The smallest absolute Gasteiger partial charge is 0.125 e. The first-order valence-electron chi connectivity index (χ1n) is 9.47. The van der Waals surface area contributed by atoms with Gasteiger partial charge in [0, 0.05) is 28.9 Å². The van der Waals surface area contributed by atoms with Crippen LogP contribution in [0.25, 0.3) is 33.2 Å². The summed E-state index contributed by atoms with van der Waals surface area (Å²) in [6, 6.07) is 16.9. The second-order valence-electron chi connectivity index (χ2n) is 7.09. The zero-order valence-corrected chi connectivity index (χ0v) is 16.6. The molecule has 0 aliphatic rings. The number of pyridine rings is 1. The topological polar surface area (TPSA) is 53.6 Å². The lowest BCUT2D eigenvalue weighted by Gasteiger charge is -2.14. The highest BCUT2D eigenvalue weighted by atomic mass is 32.1. The van der Waals surface area contributed by atoms with Gasteiger partial charge in [-0.05, 0) is 54.3 Å². The van der Waals surface area contributed by atoms with Crippen molar-refractivity contribution in [2.45, 2.75) is 19.5 Å². The van der Waals surface area contributed by atoms with E-state index in [1.54, 1.807) is 17.4 Å². The SMILES string of the molecule is CC(NCc1cc2ccc(F)cc2nc1-c1ccsc1)c1nc2ccccc2[nH]1. The molecule has 144 valence electrons. The fraction of sp³-hybridized carbons (Fsp3) is 0.130. The standard InChI is InChI=1S/C23H19FN4S/c1-14(23-27-19-4-2-3-5-20(19)28-23)25-12-17-10-15-6-7-18(24)11-21(15)26-22(17)16-8-9-29-13-16/h2-11,13-14,25H,12H2,1H3,(H,27,28). The van der Waals surface area contributed by atoms with E-state index in [1.165, 1.54) is 12.1 Å². The highest BCUT2D eigenvalue weighted by Gasteiger charge is 2.14. The van der Waals surface area contributed by atoms with Crippen LogP contribution in [0.4, 0.5) is 4.39 Å². The second-order valence-corrected chi connectivity index (χ2v) is 7.87. The molecule has 3 heterocycles. The van der Waals surface area contributed by atoms with E-state index in [0.29, 0.717) is 12.1 Å². The van der Waals surface area contributed by atoms with Gasteiger partial charge in [-0.25, -0.2) is 14.4 Å². The summed E-state index contributed by atoms with van der Waals surface area (Å²) in [5.74, 6) is 0.629. The number of rotatable bonds is 5. The third-order valence-electron chi connectivity index (χ3n) is 5.07. The van der Waals surface area contributed by atoms with E-state index >= 15 is 0 Å². The van der Waals surface area contributed by atoms with Crippen LogP contribution in [0.3, 0.4) is 0 Å². The summed E-state index contributed by atoms with van der Waals surface area (Å²) in [6.07, 6.45) is 0. The van der Waals surface area contributed by atoms with E-state index in [4.69, 9.17) is 4.98 Å². The number of aromatic amines is 1. The van der Waals surface area contributed by atoms with Crippen LogP contribution in [-0.4, -0.2) is 15.0 Å². The number of benzene rings is 2. The lowest BCUT2D eigenvalue weighted by molar-refractivity contribution is 0.552. The fourth-order valence-corrected chi connectivity index (χ4v) is 4.15. The highest BCUT2D eigenvalue weighted by Crippen LogP contribution is 2.28. The van der Waals surface area contributed by atoms with Crippen LogP contribution in [-0.2, 0) is 6.54 Å². The Balaban J connectivity index is 1.47. The van der Waals surface area contributed by atoms with Crippen molar-refractivity contribution in [2.75, 3.05) is 0 Å². The van der Waals surface area contributed by atoms with Crippen LogP contribution in [0.5, 0.6) is 0 Å². The Bertz CT molecular complexity index is 1260. The maximum Gasteiger partial charge on any atom is 0.125 e. The summed E-state index contributed by atoms with van der Waals surface area (Å²) < 4.78 is 13.7. The molecule has 2 aromatic carbocycles. The summed E-state index contributed by atoms with van der Waals surface area (Å²) >= 11 is 1.63. The van der Waals surface area contributed by atoms with E-state index in [9.17, 15) is 4.39 Å². The largest absolute Gasteiger partial charge is 0.341 e. The van der Waals surface area contributed by atoms with Crippen molar-refractivity contribution in [2.24, 2.45) is 0 Å². The van der Waals surface area contributed by atoms with Crippen LogP contribution in [0, 0.1) is 5.82 Å². The molecule has 1 atom stereocenters. The molecular weight excluding hydrogens is 383 g/mol. The number of hydrogen-bond acceptors (Lipinski definition) is 4. The second kappa shape index (κ2) is 7.39. The van der Waals surface area contributed by atoms with Gasteiger partial charge in [0.2, 0.25) is 0 Å². The summed E-state index contributed by atoms with van der Waals surface area (Å²) in [5, 5.41) is 8.58. The van der Waals surface area contributed by atoms with Crippen molar-refractivity contribution in [1.82, 2.24) is 20.3 Å². The molecule has 0 bridgehead atoms. The van der Waals surface area contributed by atoms with Crippen molar-refractivity contribution >= 4 is 33.3 Å². The molecule has 0 aliphatic carbocycles. The quantitative estimate of drug-likeness (QED) is 0.389. The number of thiophene rings is 1. The van der Waals surface area contributed by atoms with Gasteiger partial charge in [0.15, 0.2) is 0 Å². The van der Waals surface area contributed by atoms with Gasteiger partial charge in [-0.1, -0.05) is 12.1 Å². The van der Waals surface area contributed by atoms with E-state index in [-0.39, 0.29) is 11.9 Å². The molecule has 0 saturated heterocycles. The summed E-state index contributed by atoms with van der Waals surface area (Å²) in [6.45, 7) is 2.72. The zero-order valence-electron chi connectivity index (χ0n) is 15.8. The molecule has 5 rings (SSSR count). The molecular formula is C23H19FN4S. The number of imidazole rings is 1. The van der Waals surface area contributed by atoms with Crippen LogP contribution < -0.4 is 5.32 Å². The summed E-state index contributed by atoms with van der Waals surface area (Å²) in [4.78, 5) is 12.8. The van der Waals surface area contributed by atoms with Gasteiger partial charge < -0.3 is 10.3 Å². The predicted molar refractivity (Wildman–Crippen MR) is 116 cm³/mol. The molecule has 0 aliphatic heterocycles. The number of halogens is 1. The molecule has 0 amide bonds. The number of H-pyrrole nitrogens is 1. The van der Waals surface area contributed by atoms with Gasteiger partial charge in [-0.15, -0.1) is 0 Å². The van der Waals surface area contributed by atoms with Gasteiger partial charge in [0.25, 0.3) is 0 Å². The number of hydrogen-bond donors (Lipinski definition) is 2. The third kappa shape index (κ3) is 3.52. The molecule has 5 aromatic rings. The molecule has 0 fully saturated rings. The molecule has 29 heavy (non-hydrogen) atoms. The molecule has 6 heteroatoms. The molecule has 0 radical (unpaired) electrons. The Hall–Kier alpha value is -3.09. The summed E-state index contributed by atoms with van der Waals surface area (Å²) in [7, 11) is 0.